The maximum atomic E-state index is 12.7. The Balaban J connectivity index is 2.32. The highest BCUT2D eigenvalue weighted by atomic mass is 16.2. The molecule has 1 fully saturated rings. The maximum Gasteiger partial charge on any atom is 0.233 e. The van der Waals surface area contributed by atoms with E-state index in [9.17, 15) is 4.79 Å². The predicted octanol–water partition coefficient (Wildman–Crippen LogP) is 2.10. The van der Waals surface area contributed by atoms with Crippen LogP contribution in [0.1, 0.15) is 25.8 Å². The Hall–Kier alpha value is -1.35. The summed E-state index contributed by atoms with van der Waals surface area (Å²) in [5, 5.41) is 0. The normalized spacial score (nSPS) is 25.8. The van der Waals surface area contributed by atoms with Crippen molar-refractivity contribution in [3.05, 3.63) is 35.9 Å². The Bertz CT molecular complexity index is 414. The quantitative estimate of drug-likeness (QED) is 0.783. The molecule has 1 N–H and O–H groups in total. The van der Waals surface area contributed by atoms with E-state index in [2.05, 4.69) is 0 Å². The van der Waals surface area contributed by atoms with E-state index < -0.39 is 5.41 Å². The summed E-state index contributed by atoms with van der Waals surface area (Å²) in [5.74, 6) is 0.393. The van der Waals surface area contributed by atoms with Gasteiger partial charge in [0.05, 0.1) is 5.41 Å². The molecule has 0 aliphatic heterocycles. The number of nitrogens with zero attached hydrogens (tertiary/aromatic N) is 1. The second-order valence-corrected chi connectivity index (χ2v) is 4.92. The molecular weight excluding hydrogens is 224 g/mol. The lowest BCUT2D eigenvalue weighted by atomic mass is 9.91. The zero-order valence-corrected chi connectivity index (χ0v) is 11.1. The van der Waals surface area contributed by atoms with E-state index in [0.717, 1.165) is 25.1 Å². The van der Waals surface area contributed by atoms with Crippen LogP contribution in [0.3, 0.4) is 0 Å². The molecule has 97 valence electrons. The lowest BCUT2D eigenvalue weighted by Gasteiger charge is -2.26. The summed E-state index contributed by atoms with van der Waals surface area (Å²) in [5.41, 5.74) is 8.28. The van der Waals surface area contributed by atoms with Gasteiger partial charge < -0.3 is 4.90 Å². The van der Waals surface area contributed by atoms with Crippen LogP contribution < -0.4 is 5.73 Å². The van der Waals surface area contributed by atoms with Crippen LogP contribution in [-0.4, -0.2) is 30.4 Å². The number of benzene rings is 1. The first-order valence-corrected chi connectivity index (χ1v) is 6.70. The van der Waals surface area contributed by atoms with Gasteiger partial charge in [-0.2, -0.15) is 0 Å². The average molecular weight is 245 g/mol. The number of nitrogens with one attached hydrogen (secondary N) is 1. The lowest BCUT2D eigenvalue weighted by Crippen LogP contribution is -2.40. The summed E-state index contributed by atoms with van der Waals surface area (Å²) >= 11 is 0. The molecule has 0 heterocycles. The van der Waals surface area contributed by atoms with Crippen molar-refractivity contribution >= 4 is 5.91 Å². The minimum atomic E-state index is -0.408. The van der Waals surface area contributed by atoms with E-state index in [1.54, 1.807) is 0 Å². The Morgan fingerprint density at radius 3 is 2.39 bits per heavy atom. The molecule has 3 heteroatoms. The minimum Gasteiger partial charge on any atom is -0.342 e. The Morgan fingerprint density at radius 2 is 1.94 bits per heavy atom. The number of amides is 1. The van der Waals surface area contributed by atoms with E-state index in [-0.39, 0.29) is 11.8 Å². The highest BCUT2D eigenvalue weighted by molar-refractivity contribution is 5.92. The first-order valence-electron chi connectivity index (χ1n) is 6.70. The second kappa shape index (κ2) is 5.11. The molecule has 18 heavy (non-hydrogen) atoms. The molecular formula is C15H21N2O. The van der Waals surface area contributed by atoms with Crippen LogP contribution in [0.2, 0.25) is 0 Å². The zero-order chi connectivity index (χ0) is 13.2. The van der Waals surface area contributed by atoms with Crippen LogP contribution in [-0.2, 0) is 10.2 Å². The van der Waals surface area contributed by atoms with Crippen molar-refractivity contribution in [2.75, 3.05) is 19.6 Å². The molecule has 2 unspecified atom stereocenters. The lowest BCUT2D eigenvalue weighted by molar-refractivity contribution is -0.134. The Kier molecular flexibility index (Phi) is 3.71. The Morgan fingerprint density at radius 1 is 1.33 bits per heavy atom. The summed E-state index contributed by atoms with van der Waals surface area (Å²) in [4.78, 5) is 14.6. The summed E-state index contributed by atoms with van der Waals surface area (Å²) in [6.45, 7) is 5.85. The largest absolute Gasteiger partial charge is 0.342 e. The number of hydrogen-bond acceptors (Lipinski definition) is 1. The van der Waals surface area contributed by atoms with Crippen LogP contribution in [0.5, 0.6) is 0 Å². The standard InChI is InChI=1S/C15H21N2O/c1-3-17(4-2)14(18)15(10-13(15)11-16)12-8-6-5-7-9-12/h5-9,13,16H,3-4,10-11H2,1-2H3. The first-order chi connectivity index (χ1) is 8.70. The van der Waals surface area contributed by atoms with Crippen LogP contribution in [0.15, 0.2) is 30.3 Å². The molecule has 2 atom stereocenters. The molecule has 1 saturated carbocycles. The van der Waals surface area contributed by atoms with Crippen LogP contribution in [0.25, 0.3) is 0 Å². The summed E-state index contributed by atoms with van der Waals surface area (Å²) < 4.78 is 0. The van der Waals surface area contributed by atoms with Gasteiger partial charge in [-0.25, -0.2) is 0 Å². The maximum absolute atomic E-state index is 12.7. The van der Waals surface area contributed by atoms with E-state index in [1.807, 2.05) is 49.1 Å². The van der Waals surface area contributed by atoms with E-state index in [4.69, 9.17) is 5.73 Å². The molecule has 1 aromatic carbocycles. The van der Waals surface area contributed by atoms with Crippen molar-refractivity contribution in [1.82, 2.24) is 10.6 Å². The van der Waals surface area contributed by atoms with Gasteiger partial charge in [0.25, 0.3) is 0 Å². The van der Waals surface area contributed by atoms with Crippen LogP contribution in [0, 0.1) is 5.92 Å². The predicted molar refractivity (Wildman–Crippen MR) is 72.1 cm³/mol. The zero-order valence-electron chi connectivity index (χ0n) is 11.1. The molecule has 1 aliphatic rings. The SMILES string of the molecule is CCN(CC)C(=O)C1(c2ccccc2)CC1C[NH]. The van der Waals surface area contributed by atoms with E-state index in [1.165, 1.54) is 0 Å². The topological polar surface area (TPSA) is 44.1 Å². The molecule has 0 aromatic heterocycles. The number of hydrogen-bond donors (Lipinski definition) is 0. The van der Waals surface area contributed by atoms with Gasteiger partial charge in [0.15, 0.2) is 0 Å². The average Bonchev–Trinajstić information content (AvgIpc) is 3.17. The third-order valence-corrected chi connectivity index (χ3v) is 4.07. The fourth-order valence-electron chi connectivity index (χ4n) is 2.84. The van der Waals surface area contributed by atoms with Gasteiger partial charge >= 0.3 is 0 Å². The van der Waals surface area contributed by atoms with Crippen LogP contribution >= 0.6 is 0 Å². The molecule has 0 spiro atoms. The van der Waals surface area contributed by atoms with E-state index >= 15 is 0 Å². The smallest absolute Gasteiger partial charge is 0.233 e. The van der Waals surface area contributed by atoms with Gasteiger partial charge in [0.1, 0.15) is 0 Å². The third-order valence-electron chi connectivity index (χ3n) is 4.07. The van der Waals surface area contributed by atoms with Crippen molar-refractivity contribution in [1.29, 1.82) is 0 Å². The molecule has 2 rings (SSSR count). The third kappa shape index (κ3) is 1.93. The summed E-state index contributed by atoms with van der Waals surface area (Å²) in [7, 11) is 0. The molecule has 1 aliphatic carbocycles. The van der Waals surface area contributed by atoms with Gasteiger partial charge in [-0.15, -0.1) is 0 Å². The highest BCUT2D eigenvalue weighted by Gasteiger charge is 2.61. The molecule has 3 nitrogen and oxygen atoms in total. The number of carbonyl (C=O) groups excluding carboxylic acids is 1. The van der Waals surface area contributed by atoms with Crippen molar-refractivity contribution < 1.29 is 4.79 Å². The fraction of sp³-hybridized carbons (Fsp3) is 0.533. The van der Waals surface area contributed by atoms with Gasteiger partial charge in [-0.05, 0) is 31.7 Å². The van der Waals surface area contributed by atoms with Crippen molar-refractivity contribution in [3.63, 3.8) is 0 Å². The highest BCUT2D eigenvalue weighted by Crippen LogP contribution is 2.55. The van der Waals surface area contributed by atoms with Crippen molar-refractivity contribution in [2.24, 2.45) is 5.92 Å². The molecule has 1 aromatic rings. The monoisotopic (exact) mass is 245 g/mol. The first kappa shape index (κ1) is 13.1. The van der Waals surface area contributed by atoms with Gasteiger partial charge in [-0.3, -0.25) is 10.5 Å². The molecule has 1 radical (unpaired) electrons. The number of likely N-dealkylation sites (N-methyl/N-ethyl adjacent to an activating group) is 1. The molecule has 0 bridgehead atoms. The van der Waals surface area contributed by atoms with Crippen molar-refractivity contribution in [2.45, 2.75) is 25.7 Å². The van der Waals surface area contributed by atoms with Gasteiger partial charge in [0.2, 0.25) is 5.91 Å². The van der Waals surface area contributed by atoms with Gasteiger partial charge in [-0.1, -0.05) is 30.3 Å². The minimum absolute atomic E-state index is 0.188. The van der Waals surface area contributed by atoms with Crippen LogP contribution in [0.4, 0.5) is 0 Å². The fourth-order valence-corrected chi connectivity index (χ4v) is 2.84. The van der Waals surface area contributed by atoms with E-state index in [0.29, 0.717) is 6.54 Å². The second-order valence-electron chi connectivity index (χ2n) is 4.92. The van der Waals surface area contributed by atoms with Gasteiger partial charge in [0, 0.05) is 19.6 Å². The Labute approximate surface area is 109 Å². The summed E-state index contributed by atoms with van der Waals surface area (Å²) in [6.07, 6.45) is 0.829. The number of carbonyl (C=O) groups is 1. The molecule has 1 amide bonds. The van der Waals surface area contributed by atoms with Crippen molar-refractivity contribution in [3.8, 4) is 0 Å². The summed E-state index contributed by atoms with van der Waals surface area (Å²) in [6, 6.07) is 9.98. The molecule has 0 saturated heterocycles. The number of rotatable bonds is 5.